The molecule has 1 atom stereocenters. The van der Waals surface area contributed by atoms with Crippen molar-refractivity contribution in [3.05, 3.63) is 58.6 Å². The van der Waals surface area contributed by atoms with Crippen LogP contribution in [0.15, 0.2) is 42.5 Å². The molecular formula is C17H19ClN2. The van der Waals surface area contributed by atoms with Crippen LogP contribution >= 0.6 is 11.6 Å². The van der Waals surface area contributed by atoms with Gasteiger partial charge in [-0.1, -0.05) is 36.7 Å². The van der Waals surface area contributed by atoms with Crippen LogP contribution in [0, 0.1) is 5.92 Å². The van der Waals surface area contributed by atoms with Gasteiger partial charge in [0.25, 0.3) is 0 Å². The molecule has 104 valence electrons. The Morgan fingerprint density at radius 2 is 2.00 bits per heavy atom. The molecule has 3 rings (SSSR count). The number of fused-ring (bicyclic) bond motifs is 1. The lowest BCUT2D eigenvalue weighted by Crippen LogP contribution is -2.31. The summed E-state index contributed by atoms with van der Waals surface area (Å²) in [7, 11) is 0. The molecule has 20 heavy (non-hydrogen) atoms. The summed E-state index contributed by atoms with van der Waals surface area (Å²) in [6.07, 6.45) is 1.14. The Morgan fingerprint density at radius 3 is 2.80 bits per heavy atom. The van der Waals surface area contributed by atoms with Gasteiger partial charge in [0.05, 0.1) is 0 Å². The van der Waals surface area contributed by atoms with Gasteiger partial charge in [0.2, 0.25) is 0 Å². The van der Waals surface area contributed by atoms with E-state index in [4.69, 9.17) is 17.3 Å². The average molecular weight is 287 g/mol. The molecule has 0 saturated carbocycles. The summed E-state index contributed by atoms with van der Waals surface area (Å²) in [5.74, 6) is 0.631. The molecule has 0 radical (unpaired) electrons. The number of para-hydroxylation sites is 1. The van der Waals surface area contributed by atoms with Crippen LogP contribution in [0.5, 0.6) is 0 Å². The lowest BCUT2D eigenvalue weighted by molar-refractivity contribution is 0.561. The van der Waals surface area contributed by atoms with Crippen molar-refractivity contribution >= 4 is 23.0 Å². The quantitative estimate of drug-likeness (QED) is 0.899. The van der Waals surface area contributed by atoms with E-state index in [-0.39, 0.29) is 0 Å². The van der Waals surface area contributed by atoms with Crippen LogP contribution in [0.3, 0.4) is 0 Å². The molecule has 1 aliphatic heterocycles. The zero-order valence-corrected chi connectivity index (χ0v) is 12.4. The van der Waals surface area contributed by atoms with Gasteiger partial charge in [-0.25, -0.2) is 0 Å². The van der Waals surface area contributed by atoms with E-state index in [0.717, 1.165) is 23.6 Å². The Bertz CT molecular complexity index is 624. The third-order valence-electron chi connectivity index (χ3n) is 3.90. The van der Waals surface area contributed by atoms with E-state index in [1.54, 1.807) is 0 Å². The predicted molar refractivity (Wildman–Crippen MR) is 85.7 cm³/mol. The first-order valence-corrected chi connectivity index (χ1v) is 7.40. The Balaban J connectivity index is 2.10. The van der Waals surface area contributed by atoms with Crippen LogP contribution in [0.4, 0.5) is 11.4 Å². The Kier molecular flexibility index (Phi) is 3.68. The number of nitrogens with two attached hydrogens (primary N) is 1. The second kappa shape index (κ2) is 5.47. The fourth-order valence-electron chi connectivity index (χ4n) is 3.01. The fourth-order valence-corrected chi connectivity index (χ4v) is 3.20. The molecule has 0 amide bonds. The number of nitrogens with zero attached hydrogens (tertiary/aromatic N) is 1. The van der Waals surface area contributed by atoms with Crippen molar-refractivity contribution in [1.82, 2.24) is 0 Å². The van der Waals surface area contributed by atoms with E-state index in [1.807, 2.05) is 12.1 Å². The second-order valence-electron chi connectivity index (χ2n) is 5.53. The molecule has 0 aromatic heterocycles. The third-order valence-corrected chi connectivity index (χ3v) is 4.13. The standard InChI is InChI=1S/C17H19ClN2/c1-12-8-13-4-2-3-5-16(13)20(11-12)17-7-6-15(18)9-14(17)10-19/h2-7,9,12H,8,10-11,19H2,1H3. The average Bonchev–Trinajstić information content (AvgIpc) is 2.46. The van der Waals surface area contributed by atoms with Crippen LogP contribution in [0.1, 0.15) is 18.1 Å². The molecule has 0 fully saturated rings. The fraction of sp³-hybridized carbons (Fsp3) is 0.294. The highest BCUT2D eigenvalue weighted by atomic mass is 35.5. The van der Waals surface area contributed by atoms with Gasteiger partial charge in [-0.3, -0.25) is 0 Å². The maximum absolute atomic E-state index is 6.09. The van der Waals surface area contributed by atoms with E-state index >= 15 is 0 Å². The van der Waals surface area contributed by atoms with Crippen LogP contribution in [0.25, 0.3) is 0 Å². The molecule has 2 aromatic rings. The highest BCUT2D eigenvalue weighted by Crippen LogP contribution is 2.37. The van der Waals surface area contributed by atoms with Crippen molar-refractivity contribution < 1.29 is 0 Å². The molecule has 3 heteroatoms. The van der Waals surface area contributed by atoms with Gasteiger partial charge < -0.3 is 10.6 Å². The van der Waals surface area contributed by atoms with Crippen molar-refractivity contribution in [3.8, 4) is 0 Å². The molecule has 0 bridgehead atoms. The van der Waals surface area contributed by atoms with Crippen molar-refractivity contribution in [1.29, 1.82) is 0 Å². The molecule has 1 aliphatic rings. The lowest BCUT2D eigenvalue weighted by Gasteiger charge is -2.36. The molecule has 2 aromatic carbocycles. The van der Waals surface area contributed by atoms with Crippen LogP contribution in [-0.2, 0) is 13.0 Å². The first-order valence-electron chi connectivity index (χ1n) is 7.03. The van der Waals surface area contributed by atoms with E-state index in [2.05, 4.69) is 42.2 Å². The molecule has 2 N–H and O–H groups in total. The number of hydrogen-bond acceptors (Lipinski definition) is 2. The van der Waals surface area contributed by atoms with Gasteiger partial charge in [-0.2, -0.15) is 0 Å². The molecular weight excluding hydrogens is 268 g/mol. The smallest absolute Gasteiger partial charge is 0.0457 e. The van der Waals surface area contributed by atoms with Gasteiger partial charge in [0, 0.05) is 29.5 Å². The minimum atomic E-state index is 0.503. The SMILES string of the molecule is CC1Cc2ccccc2N(c2ccc(Cl)cc2CN)C1. The summed E-state index contributed by atoms with van der Waals surface area (Å²) in [4.78, 5) is 2.38. The number of hydrogen-bond donors (Lipinski definition) is 1. The van der Waals surface area contributed by atoms with E-state index in [0.29, 0.717) is 12.5 Å². The van der Waals surface area contributed by atoms with Crippen molar-refractivity contribution in [2.45, 2.75) is 19.9 Å². The summed E-state index contributed by atoms with van der Waals surface area (Å²) >= 11 is 6.09. The minimum absolute atomic E-state index is 0.503. The van der Waals surface area contributed by atoms with E-state index < -0.39 is 0 Å². The summed E-state index contributed by atoms with van der Waals surface area (Å²) in [6, 6.07) is 14.6. The molecule has 0 saturated heterocycles. The highest BCUT2D eigenvalue weighted by molar-refractivity contribution is 6.30. The Hall–Kier alpha value is -1.51. The highest BCUT2D eigenvalue weighted by Gasteiger charge is 2.23. The van der Waals surface area contributed by atoms with Crippen LogP contribution < -0.4 is 10.6 Å². The number of halogens is 1. The number of benzene rings is 2. The van der Waals surface area contributed by atoms with Crippen LogP contribution in [-0.4, -0.2) is 6.54 Å². The minimum Gasteiger partial charge on any atom is -0.341 e. The molecule has 1 unspecified atom stereocenters. The normalized spacial score (nSPS) is 17.9. The van der Waals surface area contributed by atoms with E-state index in [1.165, 1.54) is 16.9 Å². The topological polar surface area (TPSA) is 29.3 Å². The van der Waals surface area contributed by atoms with Gasteiger partial charge >= 0.3 is 0 Å². The third kappa shape index (κ3) is 2.41. The summed E-state index contributed by atoms with van der Waals surface area (Å²) in [5, 5.41) is 0.743. The predicted octanol–water partition coefficient (Wildman–Crippen LogP) is 4.13. The first kappa shape index (κ1) is 13.5. The lowest BCUT2D eigenvalue weighted by atomic mass is 9.93. The summed E-state index contributed by atoms with van der Waals surface area (Å²) in [5.41, 5.74) is 10.9. The maximum Gasteiger partial charge on any atom is 0.0457 e. The van der Waals surface area contributed by atoms with Gasteiger partial charge in [-0.15, -0.1) is 0 Å². The van der Waals surface area contributed by atoms with Crippen molar-refractivity contribution in [2.24, 2.45) is 11.7 Å². The van der Waals surface area contributed by atoms with Gasteiger partial charge in [-0.05, 0) is 47.7 Å². The zero-order valence-electron chi connectivity index (χ0n) is 11.6. The molecule has 1 heterocycles. The van der Waals surface area contributed by atoms with E-state index in [9.17, 15) is 0 Å². The molecule has 2 nitrogen and oxygen atoms in total. The van der Waals surface area contributed by atoms with Crippen molar-refractivity contribution in [2.75, 3.05) is 11.4 Å². The van der Waals surface area contributed by atoms with Gasteiger partial charge in [0.15, 0.2) is 0 Å². The molecule has 0 aliphatic carbocycles. The van der Waals surface area contributed by atoms with Crippen molar-refractivity contribution in [3.63, 3.8) is 0 Å². The first-order chi connectivity index (χ1) is 9.69. The number of rotatable bonds is 2. The zero-order chi connectivity index (χ0) is 14.1. The summed E-state index contributed by atoms with van der Waals surface area (Å²) in [6.45, 7) is 3.82. The molecule has 0 spiro atoms. The largest absolute Gasteiger partial charge is 0.341 e. The van der Waals surface area contributed by atoms with Gasteiger partial charge in [0.1, 0.15) is 0 Å². The van der Waals surface area contributed by atoms with Crippen LogP contribution in [0.2, 0.25) is 5.02 Å². The summed E-state index contributed by atoms with van der Waals surface area (Å²) < 4.78 is 0. The second-order valence-corrected chi connectivity index (χ2v) is 5.96. The number of anilines is 2. The Labute approximate surface area is 125 Å². The monoisotopic (exact) mass is 286 g/mol. The maximum atomic E-state index is 6.09. The Morgan fingerprint density at radius 1 is 1.20 bits per heavy atom.